The fourth-order valence-electron chi connectivity index (χ4n) is 1.85. The van der Waals surface area contributed by atoms with E-state index >= 15 is 0 Å². The highest BCUT2D eigenvalue weighted by Crippen LogP contribution is 2.21. The normalized spacial score (nSPS) is 35.1. The predicted octanol–water partition coefficient (Wildman–Crippen LogP) is -4.19. The van der Waals surface area contributed by atoms with Crippen LogP contribution in [0.2, 0.25) is 0 Å². The molecule has 0 aromatic carbocycles. The first kappa shape index (κ1) is 16.2. The lowest BCUT2D eigenvalue weighted by atomic mass is 9.96. The van der Waals surface area contributed by atoms with E-state index in [2.05, 4.69) is 5.32 Å². The van der Waals surface area contributed by atoms with Gasteiger partial charge in [0.25, 0.3) is 0 Å². The van der Waals surface area contributed by atoms with Crippen LogP contribution < -0.4 is 22.5 Å². The van der Waals surface area contributed by atoms with E-state index in [4.69, 9.17) is 26.7 Å². The topological polar surface area (TPSA) is 166 Å². The minimum Gasteiger partial charge on any atom is -0.388 e. The zero-order valence-electron chi connectivity index (χ0n) is 10.6. The van der Waals surface area contributed by atoms with E-state index in [1.165, 1.54) is 0 Å². The van der Waals surface area contributed by atoms with Crippen LogP contribution in [0.15, 0.2) is 0 Å². The van der Waals surface area contributed by atoms with Gasteiger partial charge in [0.15, 0.2) is 6.29 Å². The minimum atomic E-state index is -1.26. The van der Waals surface area contributed by atoms with Crippen LogP contribution in [0.4, 0.5) is 0 Å². The number of nitrogens with two attached hydrogens (primary N) is 3. The summed E-state index contributed by atoms with van der Waals surface area (Å²) in [6, 6.07) is -0.930. The summed E-state index contributed by atoms with van der Waals surface area (Å²) in [4.78, 5) is 11.3. The average Bonchev–Trinajstić information content (AvgIpc) is 2.42. The van der Waals surface area contributed by atoms with Gasteiger partial charge in [0, 0.05) is 13.1 Å². The SMILES string of the molecule is NCCO[C@H]1O[C@H](CN)[C@@H](O)[C@H](O)[C@H]1NC(=O)CN. The summed E-state index contributed by atoms with van der Waals surface area (Å²) >= 11 is 0. The average molecular weight is 278 g/mol. The van der Waals surface area contributed by atoms with E-state index in [1.807, 2.05) is 0 Å². The molecule has 1 fully saturated rings. The number of hydrogen-bond donors (Lipinski definition) is 6. The van der Waals surface area contributed by atoms with Gasteiger partial charge in [-0.1, -0.05) is 0 Å². The number of rotatable bonds is 6. The maximum absolute atomic E-state index is 11.3. The second kappa shape index (κ2) is 7.70. The van der Waals surface area contributed by atoms with E-state index in [1.54, 1.807) is 0 Å². The largest absolute Gasteiger partial charge is 0.388 e. The fourth-order valence-corrected chi connectivity index (χ4v) is 1.85. The molecule has 9 nitrogen and oxygen atoms in total. The van der Waals surface area contributed by atoms with Crippen molar-refractivity contribution in [2.75, 3.05) is 26.2 Å². The molecule has 9 heteroatoms. The minimum absolute atomic E-state index is 0.0122. The summed E-state index contributed by atoms with van der Waals surface area (Å²) in [6.45, 7) is 0.199. The predicted molar refractivity (Wildman–Crippen MR) is 65.7 cm³/mol. The Morgan fingerprint density at radius 2 is 1.95 bits per heavy atom. The van der Waals surface area contributed by atoms with Crippen molar-refractivity contribution in [2.24, 2.45) is 17.2 Å². The lowest BCUT2D eigenvalue weighted by Crippen LogP contribution is -2.65. The molecule has 0 saturated carbocycles. The van der Waals surface area contributed by atoms with Crippen LogP contribution in [0.1, 0.15) is 0 Å². The van der Waals surface area contributed by atoms with Gasteiger partial charge in [-0.25, -0.2) is 0 Å². The van der Waals surface area contributed by atoms with Gasteiger partial charge in [-0.3, -0.25) is 4.79 Å². The second-order valence-corrected chi connectivity index (χ2v) is 4.22. The molecule has 0 bridgehead atoms. The van der Waals surface area contributed by atoms with E-state index in [0.29, 0.717) is 0 Å². The smallest absolute Gasteiger partial charge is 0.234 e. The van der Waals surface area contributed by atoms with Crippen molar-refractivity contribution in [1.82, 2.24) is 5.32 Å². The van der Waals surface area contributed by atoms with Gasteiger partial charge in [0.05, 0.1) is 13.2 Å². The Morgan fingerprint density at radius 3 is 2.47 bits per heavy atom. The van der Waals surface area contributed by atoms with Crippen molar-refractivity contribution in [1.29, 1.82) is 0 Å². The Hall–Kier alpha value is -0.810. The molecule has 0 aliphatic carbocycles. The molecule has 1 saturated heterocycles. The monoisotopic (exact) mass is 278 g/mol. The lowest BCUT2D eigenvalue weighted by molar-refractivity contribution is -0.261. The Balaban J connectivity index is 2.77. The summed E-state index contributed by atoms with van der Waals surface area (Å²) in [5.41, 5.74) is 15.9. The molecule has 0 radical (unpaired) electrons. The third-order valence-electron chi connectivity index (χ3n) is 2.85. The zero-order valence-corrected chi connectivity index (χ0v) is 10.6. The molecule has 5 atom stereocenters. The molecule has 1 aliphatic rings. The van der Waals surface area contributed by atoms with Crippen LogP contribution in [0.3, 0.4) is 0 Å². The Bertz CT molecular complexity index is 293. The molecule has 112 valence electrons. The highest BCUT2D eigenvalue weighted by molar-refractivity contribution is 5.78. The molecular weight excluding hydrogens is 256 g/mol. The first-order chi connectivity index (χ1) is 9.04. The highest BCUT2D eigenvalue weighted by atomic mass is 16.7. The number of nitrogens with one attached hydrogen (secondary N) is 1. The molecule has 0 unspecified atom stereocenters. The summed E-state index contributed by atoms with van der Waals surface area (Å²) in [7, 11) is 0. The number of carbonyl (C=O) groups excluding carboxylic acids is 1. The van der Waals surface area contributed by atoms with Crippen molar-refractivity contribution in [3.05, 3.63) is 0 Å². The maximum Gasteiger partial charge on any atom is 0.234 e. The van der Waals surface area contributed by atoms with Gasteiger partial charge in [0.2, 0.25) is 5.91 Å². The van der Waals surface area contributed by atoms with Crippen molar-refractivity contribution in [3.8, 4) is 0 Å². The molecule has 1 rings (SSSR count). The zero-order chi connectivity index (χ0) is 14.4. The molecule has 1 aliphatic heterocycles. The van der Waals surface area contributed by atoms with Crippen LogP contribution in [0, 0.1) is 0 Å². The second-order valence-electron chi connectivity index (χ2n) is 4.22. The van der Waals surface area contributed by atoms with Crippen LogP contribution in [-0.2, 0) is 14.3 Å². The molecule has 1 heterocycles. The first-order valence-corrected chi connectivity index (χ1v) is 6.07. The maximum atomic E-state index is 11.3. The van der Waals surface area contributed by atoms with E-state index in [9.17, 15) is 15.0 Å². The molecule has 0 aromatic heterocycles. The van der Waals surface area contributed by atoms with E-state index in [0.717, 1.165) is 0 Å². The molecule has 0 aromatic rings. The van der Waals surface area contributed by atoms with Gasteiger partial charge in [-0.2, -0.15) is 0 Å². The van der Waals surface area contributed by atoms with Gasteiger partial charge >= 0.3 is 0 Å². The number of carbonyl (C=O) groups is 1. The summed E-state index contributed by atoms with van der Waals surface area (Å²) < 4.78 is 10.7. The molecule has 1 amide bonds. The van der Waals surface area contributed by atoms with Crippen molar-refractivity contribution in [2.45, 2.75) is 30.6 Å². The van der Waals surface area contributed by atoms with Gasteiger partial charge in [-0.05, 0) is 0 Å². The Kier molecular flexibility index (Phi) is 6.58. The summed E-state index contributed by atoms with van der Waals surface area (Å²) in [5, 5.41) is 22.3. The molecule has 9 N–H and O–H groups in total. The van der Waals surface area contributed by atoms with Crippen molar-refractivity contribution in [3.63, 3.8) is 0 Å². The third-order valence-corrected chi connectivity index (χ3v) is 2.85. The van der Waals surface area contributed by atoms with Gasteiger partial charge in [-0.15, -0.1) is 0 Å². The van der Waals surface area contributed by atoms with Crippen LogP contribution in [-0.4, -0.2) is 73.0 Å². The van der Waals surface area contributed by atoms with Crippen molar-refractivity contribution >= 4 is 5.91 Å². The number of amides is 1. The van der Waals surface area contributed by atoms with Crippen molar-refractivity contribution < 1.29 is 24.5 Å². The Morgan fingerprint density at radius 1 is 1.26 bits per heavy atom. The number of ether oxygens (including phenoxy) is 2. The third kappa shape index (κ3) is 4.08. The Labute approximate surface area is 111 Å². The lowest BCUT2D eigenvalue weighted by Gasteiger charge is -2.42. The van der Waals surface area contributed by atoms with Crippen LogP contribution in [0.25, 0.3) is 0 Å². The number of hydrogen-bond acceptors (Lipinski definition) is 8. The number of aliphatic hydroxyl groups is 2. The van der Waals surface area contributed by atoms with E-state index < -0.39 is 36.6 Å². The van der Waals surface area contributed by atoms with Gasteiger partial charge < -0.3 is 42.2 Å². The van der Waals surface area contributed by atoms with Gasteiger partial charge in [0.1, 0.15) is 24.4 Å². The quantitative estimate of drug-likeness (QED) is 0.284. The fraction of sp³-hybridized carbons (Fsp3) is 0.900. The standard InChI is InChI=1S/C10H22N4O5/c11-1-2-18-10-7(14-6(15)4-13)9(17)8(16)5(3-12)19-10/h5,7-10,16-17H,1-4,11-13H2,(H,14,15)/t5-,7-,8-,9-,10+/m1/s1. The molecular formula is C10H22N4O5. The summed E-state index contributed by atoms with van der Waals surface area (Å²) in [6.07, 6.45) is -4.19. The number of aliphatic hydroxyl groups excluding tert-OH is 2. The summed E-state index contributed by atoms with van der Waals surface area (Å²) in [5.74, 6) is -0.493. The molecule has 19 heavy (non-hydrogen) atoms. The van der Waals surface area contributed by atoms with Crippen LogP contribution in [0.5, 0.6) is 0 Å². The molecule has 0 spiro atoms. The van der Waals surface area contributed by atoms with E-state index in [-0.39, 0.29) is 26.2 Å². The first-order valence-electron chi connectivity index (χ1n) is 6.07. The van der Waals surface area contributed by atoms with Crippen LogP contribution >= 0.6 is 0 Å². The highest BCUT2D eigenvalue weighted by Gasteiger charge is 2.45.